The first kappa shape index (κ1) is 20.4. The highest BCUT2D eigenvalue weighted by Gasteiger charge is 2.25. The largest absolute Gasteiger partial charge is 0.462 e. The molecule has 0 aliphatic carbocycles. The molecule has 1 saturated heterocycles. The maximum absolute atomic E-state index is 12.6. The number of hydrogen-bond donors (Lipinski definition) is 0. The average molecular weight is 375 g/mol. The van der Waals surface area contributed by atoms with Crippen molar-refractivity contribution < 1.29 is 23.9 Å². The summed E-state index contributed by atoms with van der Waals surface area (Å²) in [5, 5.41) is 0. The number of ether oxygens (including phenoxy) is 1. The van der Waals surface area contributed by atoms with E-state index in [9.17, 15) is 19.2 Å². The molecule has 8 nitrogen and oxygen atoms in total. The minimum atomic E-state index is -0.433. The van der Waals surface area contributed by atoms with E-state index in [0.29, 0.717) is 37.4 Å². The fraction of sp³-hybridized carbons (Fsp3) is 0.474. The van der Waals surface area contributed by atoms with Gasteiger partial charge in [0.05, 0.1) is 12.2 Å². The van der Waals surface area contributed by atoms with E-state index in [1.54, 1.807) is 41.0 Å². The SMILES string of the molecule is CCOC(=O)c1ccc(N(CC(=O)N2CCN(C(C)=O)CC2)C(C)=O)cc1. The fourth-order valence-electron chi connectivity index (χ4n) is 2.88. The molecule has 1 aromatic carbocycles. The van der Waals surface area contributed by atoms with Crippen LogP contribution in [0.15, 0.2) is 24.3 Å². The first-order valence-electron chi connectivity index (χ1n) is 8.92. The van der Waals surface area contributed by atoms with Gasteiger partial charge in [0.1, 0.15) is 6.54 Å². The lowest BCUT2D eigenvalue weighted by atomic mass is 10.2. The van der Waals surface area contributed by atoms with Gasteiger partial charge in [-0.25, -0.2) is 4.79 Å². The summed E-state index contributed by atoms with van der Waals surface area (Å²) in [6, 6.07) is 6.38. The lowest BCUT2D eigenvalue weighted by Crippen LogP contribution is -2.52. The van der Waals surface area contributed by atoms with Crippen LogP contribution in [0.1, 0.15) is 31.1 Å². The molecule has 146 valence electrons. The second-order valence-corrected chi connectivity index (χ2v) is 6.26. The summed E-state index contributed by atoms with van der Waals surface area (Å²) in [6.07, 6.45) is 0. The normalized spacial score (nSPS) is 13.9. The number of piperazine rings is 1. The van der Waals surface area contributed by atoms with Crippen molar-refractivity contribution in [1.29, 1.82) is 0 Å². The van der Waals surface area contributed by atoms with Crippen LogP contribution in [0, 0.1) is 0 Å². The van der Waals surface area contributed by atoms with Crippen molar-refractivity contribution in [3.63, 3.8) is 0 Å². The van der Waals surface area contributed by atoms with E-state index in [2.05, 4.69) is 0 Å². The molecule has 3 amide bonds. The van der Waals surface area contributed by atoms with Gasteiger partial charge in [0.25, 0.3) is 0 Å². The number of nitrogens with zero attached hydrogens (tertiary/aromatic N) is 3. The Morgan fingerprint density at radius 1 is 0.963 bits per heavy atom. The zero-order valence-corrected chi connectivity index (χ0v) is 15.9. The summed E-state index contributed by atoms with van der Waals surface area (Å²) in [5.41, 5.74) is 0.919. The van der Waals surface area contributed by atoms with Gasteiger partial charge in [0, 0.05) is 45.7 Å². The Bertz CT molecular complexity index is 709. The number of esters is 1. The summed E-state index contributed by atoms with van der Waals surface area (Å²) in [4.78, 5) is 52.4. The first-order valence-corrected chi connectivity index (χ1v) is 8.92. The third kappa shape index (κ3) is 5.29. The van der Waals surface area contributed by atoms with Crippen molar-refractivity contribution in [3.8, 4) is 0 Å². The van der Waals surface area contributed by atoms with Crippen LogP contribution >= 0.6 is 0 Å². The third-order valence-electron chi connectivity index (χ3n) is 4.44. The van der Waals surface area contributed by atoms with Crippen molar-refractivity contribution in [2.24, 2.45) is 0 Å². The molecule has 1 aliphatic rings. The average Bonchev–Trinajstić information content (AvgIpc) is 2.66. The van der Waals surface area contributed by atoms with Gasteiger partial charge >= 0.3 is 5.97 Å². The van der Waals surface area contributed by atoms with Crippen LogP contribution in [-0.2, 0) is 19.1 Å². The molecule has 0 atom stereocenters. The highest BCUT2D eigenvalue weighted by molar-refractivity contribution is 5.98. The first-order chi connectivity index (χ1) is 12.8. The van der Waals surface area contributed by atoms with Crippen molar-refractivity contribution in [3.05, 3.63) is 29.8 Å². The smallest absolute Gasteiger partial charge is 0.338 e. The van der Waals surface area contributed by atoms with Crippen molar-refractivity contribution in [1.82, 2.24) is 9.80 Å². The molecule has 0 N–H and O–H groups in total. The molecular formula is C19H25N3O5. The topological polar surface area (TPSA) is 87.2 Å². The molecule has 0 bridgehead atoms. The highest BCUT2D eigenvalue weighted by Crippen LogP contribution is 2.17. The van der Waals surface area contributed by atoms with Crippen LogP contribution in [0.5, 0.6) is 0 Å². The van der Waals surface area contributed by atoms with Gasteiger partial charge in [-0.15, -0.1) is 0 Å². The molecule has 0 aromatic heterocycles. The Kier molecular flexibility index (Phi) is 6.92. The van der Waals surface area contributed by atoms with Gasteiger partial charge in [-0.05, 0) is 31.2 Å². The zero-order chi connectivity index (χ0) is 20.0. The Morgan fingerprint density at radius 2 is 1.52 bits per heavy atom. The predicted octanol–water partition coefficient (Wildman–Crippen LogP) is 0.907. The van der Waals surface area contributed by atoms with Crippen LogP contribution in [0.3, 0.4) is 0 Å². The van der Waals surface area contributed by atoms with Gasteiger partial charge in [-0.3, -0.25) is 14.4 Å². The third-order valence-corrected chi connectivity index (χ3v) is 4.44. The summed E-state index contributed by atoms with van der Waals surface area (Å²) in [7, 11) is 0. The number of amides is 3. The molecule has 0 spiro atoms. The fourth-order valence-corrected chi connectivity index (χ4v) is 2.88. The van der Waals surface area contributed by atoms with E-state index in [4.69, 9.17) is 4.74 Å². The Hall–Kier alpha value is -2.90. The summed E-state index contributed by atoms with van der Waals surface area (Å²) in [5.74, 6) is -0.885. The molecular weight excluding hydrogens is 350 g/mol. The molecule has 1 fully saturated rings. The maximum Gasteiger partial charge on any atom is 0.338 e. The maximum atomic E-state index is 12.6. The summed E-state index contributed by atoms with van der Waals surface area (Å²) < 4.78 is 4.94. The molecule has 2 rings (SSSR count). The summed E-state index contributed by atoms with van der Waals surface area (Å²) in [6.45, 7) is 6.71. The number of hydrogen-bond acceptors (Lipinski definition) is 5. The van der Waals surface area contributed by atoms with E-state index in [0.717, 1.165) is 0 Å². The number of anilines is 1. The van der Waals surface area contributed by atoms with Gasteiger partial charge in [-0.1, -0.05) is 0 Å². The molecule has 1 heterocycles. The molecule has 1 aliphatic heterocycles. The second kappa shape index (κ2) is 9.16. The van der Waals surface area contributed by atoms with Gasteiger partial charge in [-0.2, -0.15) is 0 Å². The van der Waals surface area contributed by atoms with Crippen LogP contribution in [0.2, 0.25) is 0 Å². The van der Waals surface area contributed by atoms with Crippen LogP contribution in [-0.4, -0.2) is 72.8 Å². The minimum Gasteiger partial charge on any atom is -0.462 e. The highest BCUT2D eigenvalue weighted by atomic mass is 16.5. The monoisotopic (exact) mass is 375 g/mol. The quantitative estimate of drug-likeness (QED) is 0.714. The number of benzene rings is 1. The number of carbonyl (C=O) groups excluding carboxylic acids is 4. The van der Waals surface area contributed by atoms with Crippen LogP contribution in [0.25, 0.3) is 0 Å². The van der Waals surface area contributed by atoms with Crippen LogP contribution in [0.4, 0.5) is 5.69 Å². The zero-order valence-electron chi connectivity index (χ0n) is 15.9. The number of carbonyl (C=O) groups is 4. The van der Waals surface area contributed by atoms with Crippen molar-refractivity contribution in [2.45, 2.75) is 20.8 Å². The van der Waals surface area contributed by atoms with E-state index in [1.807, 2.05) is 0 Å². The Morgan fingerprint density at radius 3 is 2.00 bits per heavy atom. The van der Waals surface area contributed by atoms with Crippen molar-refractivity contribution in [2.75, 3.05) is 44.2 Å². The standard InChI is InChI=1S/C19H25N3O5/c1-4-27-19(26)16-5-7-17(8-6-16)22(15(3)24)13-18(25)21-11-9-20(10-12-21)14(2)23/h5-8H,4,9-13H2,1-3H3. The minimum absolute atomic E-state index is 0.00542. The summed E-state index contributed by atoms with van der Waals surface area (Å²) >= 11 is 0. The molecule has 27 heavy (non-hydrogen) atoms. The molecule has 0 unspecified atom stereocenters. The number of rotatable bonds is 5. The Labute approximate surface area is 158 Å². The predicted molar refractivity (Wildman–Crippen MR) is 99.3 cm³/mol. The molecule has 1 aromatic rings. The lowest BCUT2D eigenvalue weighted by Gasteiger charge is -2.35. The molecule has 0 saturated carbocycles. The molecule has 0 radical (unpaired) electrons. The van der Waals surface area contributed by atoms with Crippen LogP contribution < -0.4 is 4.90 Å². The van der Waals surface area contributed by atoms with E-state index >= 15 is 0 Å². The second-order valence-electron chi connectivity index (χ2n) is 6.26. The van der Waals surface area contributed by atoms with Gasteiger partial charge < -0.3 is 19.4 Å². The van der Waals surface area contributed by atoms with Gasteiger partial charge in [0.2, 0.25) is 17.7 Å². The van der Waals surface area contributed by atoms with E-state index in [-0.39, 0.29) is 30.9 Å². The molecule has 8 heteroatoms. The van der Waals surface area contributed by atoms with Gasteiger partial charge in [0.15, 0.2) is 0 Å². The lowest BCUT2D eigenvalue weighted by molar-refractivity contribution is -0.137. The Balaban J connectivity index is 2.03. The van der Waals surface area contributed by atoms with E-state index in [1.165, 1.54) is 18.7 Å². The van der Waals surface area contributed by atoms with Crippen molar-refractivity contribution >= 4 is 29.4 Å². The van der Waals surface area contributed by atoms with E-state index < -0.39 is 5.97 Å².